The van der Waals surface area contributed by atoms with Gasteiger partial charge in [-0.3, -0.25) is 0 Å². The van der Waals surface area contributed by atoms with Gasteiger partial charge in [0.1, 0.15) is 0 Å². The number of hydrogen-bond acceptors (Lipinski definition) is 0. The highest BCUT2D eigenvalue weighted by Crippen LogP contribution is 2.65. The van der Waals surface area contributed by atoms with Crippen LogP contribution in [0.15, 0.2) is 0 Å². The standard InChI is InChI=1S/C13H26/c1-8-10-9-11(2,3)13(6,7)12(10,4)5/h10H,8-9H2,1-7H3. The summed E-state index contributed by atoms with van der Waals surface area (Å²) in [7, 11) is 0. The Balaban J connectivity index is 3.08. The number of hydrogen-bond donors (Lipinski definition) is 0. The molecule has 1 aliphatic carbocycles. The summed E-state index contributed by atoms with van der Waals surface area (Å²) in [4.78, 5) is 0. The summed E-state index contributed by atoms with van der Waals surface area (Å²) in [5.41, 5.74) is 1.45. The zero-order chi connectivity index (χ0) is 10.5. The van der Waals surface area contributed by atoms with Crippen LogP contribution in [-0.4, -0.2) is 0 Å². The van der Waals surface area contributed by atoms with Gasteiger partial charge in [-0.05, 0) is 28.6 Å². The summed E-state index contributed by atoms with van der Waals surface area (Å²) in [6, 6.07) is 0. The summed E-state index contributed by atoms with van der Waals surface area (Å²) in [5.74, 6) is 0.900. The smallest absolute Gasteiger partial charge is 0.0249 e. The Labute approximate surface area is 84.1 Å². The minimum Gasteiger partial charge on any atom is -0.0651 e. The molecule has 0 aromatic rings. The lowest BCUT2D eigenvalue weighted by atomic mass is 9.60. The monoisotopic (exact) mass is 182 g/mol. The quantitative estimate of drug-likeness (QED) is 0.560. The minimum absolute atomic E-state index is 0.459. The molecule has 1 rings (SSSR count). The van der Waals surface area contributed by atoms with Crippen LogP contribution in [0.25, 0.3) is 0 Å². The van der Waals surface area contributed by atoms with Crippen LogP contribution in [0.3, 0.4) is 0 Å². The van der Waals surface area contributed by atoms with Crippen molar-refractivity contribution in [2.24, 2.45) is 22.2 Å². The molecular formula is C13H26. The van der Waals surface area contributed by atoms with Gasteiger partial charge in [0.05, 0.1) is 0 Å². The van der Waals surface area contributed by atoms with Gasteiger partial charge in [-0.15, -0.1) is 0 Å². The van der Waals surface area contributed by atoms with Gasteiger partial charge in [0.25, 0.3) is 0 Å². The molecule has 0 heteroatoms. The maximum Gasteiger partial charge on any atom is -0.0249 e. The molecular weight excluding hydrogens is 156 g/mol. The van der Waals surface area contributed by atoms with E-state index in [2.05, 4.69) is 48.5 Å². The van der Waals surface area contributed by atoms with E-state index in [4.69, 9.17) is 0 Å². The third-order valence-corrected chi connectivity index (χ3v) is 5.57. The second-order valence-corrected chi connectivity index (χ2v) is 6.54. The molecule has 0 radical (unpaired) electrons. The molecule has 1 atom stereocenters. The zero-order valence-corrected chi connectivity index (χ0v) is 10.5. The lowest BCUT2D eigenvalue weighted by Crippen LogP contribution is -2.38. The molecule has 1 aliphatic rings. The van der Waals surface area contributed by atoms with Gasteiger partial charge >= 0.3 is 0 Å². The molecule has 78 valence electrons. The first-order valence-electron chi connectivity index (χ1n) is 5.67. The van der Waals surface area contributed by atoms with Gasteiger partial charge in [0, 0.05) is 0 Å². The third kappa shape index (κ3) is 1.25. The fraction of sp³-hybridized carbons (Fsp3) is 1.00. The molecule has 0 aromatic heterocycles. The van der Waals surface area contributed by atoms with E-state index in [1.54, 1.807) is 0 Å². The van der Waals surface area contributed by atoms with Crippen molar-refractivity contribution in [3.63, 3.8) is 0 Å². The van der Waals surface area contributed by atoms with Crippen molar-refractivity contribution in [1.82, 2.24) is 0 Å². The lowest BCUT2D eigenvalue weighted by molar-refractivity contribution is 0.0366. The summed E-state index contributed by atoms with van der Waals surface area (Å²) in [6.45, 7) is 17.0. The first kappa shape index (κ1) is 11.1. The van der Waals surface area contributed by atoms with Crippen molar-refractivity contribution in [2.75, 3.05) is 0 Å². The van der Waals surface area contributed by atoms with Gasteiger partial charge in [-0.2, -0.15) is 0 Å². The third-order valence-electron chi connectivity index (χ3n) is 5.57. The Morgan fingerprint density at radius 3 is 1.62 bits per heavy atom. The molecule has 0 bridgehead atoms. The summed E-state index contributed by atoms with van der Waals surface area (Å²) < 4.78 is 0. The largest absolute Gasteiger partial charge is 0.0651 e. The van der Waals surface area contributed by atoms with Crippen LogP contribution in [0.4, 0.5) is 0 Å². The Morgan fingerprint density at radius 2 is 1.46 bits per heavy atom. The zero-order valence-electron chi connectivity index (χ0n) is 10.5. The molecule has 0 amide bonds. The van der Waals surface area contributed by atoms with E-state index >= 15 is 0 Å². The van der Waals surface area contributed by atoms with E-state index in [0.29, 0.717) is 16.2 Å². The van der Waals surface area contributed by atoms with Crippen molar-refractivity contribution >= 4 is 0 Å². The molecule has 0 aromatic carbocycles. The Morgan fingerprint density at radius 1 is 1.00 bits per heavy atom. The van der Waals surface area contributed by atoms with Crippen LogP contribution in [0.2, 0.25) is 0 Å². The Kier molecular flexibility index (Phi) is 2.34. The molecule has 13 heavy (non-hydrogen) atoms. The maximum absolute atomic E-state index is 2.45. The predicted octanol–water partition coefficient (Wildman–Crippen LogP) is 4.49. The topological polar surface area (TPSA) is 0 Å². The molecule has 1 saturated carbocycles. The normalized spacial score (nSPS) is 34.8. The van der Waals surface area contributed by atoms with E-state index in [-0.39, 0.29) is 0 Å². The maximum atomic E-state index is 2.45. The summed E-state index contributed by atoms with van der Waals surface area (Å²) >= 11 is 0. The summed E-state index contributed by atoms with van der Waals surface area (Å²) in [6.07, 6.45) is 2.73. The summed E-state index contributed by atoms with van der Waals surface area (Å²) in [5, 5.41) is 0. The van der Waals surface area contributed by atoms with Crippen molar-refractivity contribution in [1.29, 1.82) is 0 Å². The predicted molar refractivity (Wildman–Crippen MR) is 59.7 cm³/mol. The molecule has 0 aliphatic heterocycles. The van der Waals surface area contributed by atoms with Gasteiger partial charge in [-0.25, -0.2) is 0 Å². The molecule has 1 unspecified atom stereocenters. The molecule has 0 heterocycles. The van der Waals surface area contributed by atoms with Crippen LogP contribution < -0.4 is 0 Å². The van der Waals surface area contributed by atoms with Crippen LogP contribution in [0.1, 0.15) is 61.3 Å². The first-order valence-corrected chi connectivity index (χ1v) is 5.67. The van der Waals surface area contributed by atoms with Crippen molar-refractivity contribution in [3.05, 3.63) is 0 Å². The van der Waals surface area contributed by atoms with Crippen LogP contribution in [0, 0.1) is 22.2 Å². The molecule has 0 spiro atoms. The first-order chi connectivity index (χ1) is 5.67. The number of rotatable bonds is 1. The highest BCUT2D eigenvalue weighted by Gasteiger charge is 2.57. The Hall–Kier alpha value is 0. The van der Waals surface area contributed by atoms with Gasteiger partial charge in [0.2, 0.25) is 0 Å². The van der Waals surface area contributed by atoms with E-state index in [9.17, 15) is 0 Å². The second kappa shape index (κ2) is 2.74. The van der Waals surface area contributed by atoms with E-state index in [1.807, 2.05) is 0 Å². The van der Waals surface area contributed by atoms with Gasteiger partial charge < -0.3 is 0 Å². The van der Waals surface area contributed by atoms with Crippen LogP contribution in [-0.2, 0) is 0 Å². The van der Waals surface area contributed by atoms with Crippen LogP contribution in [0.5, 0.6) is 0 Å². The van der Waals surface area contributed by atoms with Crippen LogP contribution >= 0.6 is 0 Å². The van der Waals surface area contributed by atoms with Crippen molar-refractivity contribution in [3.8, 4) is 0 Å². The fourth-order valence-corrected chi connectivity index (χ4v) is 3.16. The molecule has 0 N–H and O–H groups in total. The highest BCUT2D eigenvalue weighted by molar-refractivity contribution is 5.06. The average Bonchev–Trinajstić information content (AvgIpc) is 2.08. The molecule has 1 fully saturated rings. The fourth-order valence-electron chi connectivity index (χ4n) is 3.16. The van der Waals surface area contributed by atoms with Crippen molar-refractivity contribution in [2.45, 2.75) is 61.3 Å². The van der Waals surface area contributed by atoms with Gasteiger partial charge in [-0.1, -0.05) is 54.9 Å². The van der Waals surface area contributed by atoms with E-state index in [0.717, 1.165) is 5.92 Å². The van der Waals surface area contributed by atoms with Crippen molar-refractivity contribution < 1.29 is 0 Å². The highest BCUT2D eigenvalue weighted by atomic mass is 14.6. The second-order valence-electron chi connectivity index (χ2n) is 6.54. The van der Waals surface area contributed by atoms with E-state index < -0.39 is 0 Å². The SMILES string of the molecule is CCC1CC(C)(C)C(C)(C)C1(C)C. The average molecular weight is 182 g/mol. The van der Waals surface area contributed by atoms with Gasteiger partial charge in [0.15, 0.2) is 0 Å². The molecule has 0 saturated heterocycles. The molecule has 0 nitrogen and oxygen atoms in total. The minimum atomic E-state index is 0.459. The van der Waals surface area contributed by atoms with E-state index in [1.165, 1.54) is 12.8 Å². The Bertz CT molecular complexity index is 196. The lowest BCUT2D eigenvalue weighted by Gasteiger charge is -2.45.